The van der Waals surface area contributed by atoms with Crippen molar-refractivity contribution < 1.29 is 48.6 Å². The van der Waals surface area contributed by atoms with Crippen molar-refractivity contribution in [2.45, 2.75) is 25.9 Å². The molecule has 0 amide bonds. The van der Waals surface area contributed by atoms with Crippen LogP contribution in [-0.2, 0) is 24.2 Å². The molecule has 30 heavy (non-hydrogen) atoms. The second-order valence-corrected chi connectivity index (χ2v) is 7.08. The molecular weight excluding hydrogens is 392 g/mol. The van der Waals surface area contributed by atoms with E-state index in [1.54, 1.807) is 12.1 Å². The van der Waals surface area contributed by atoms with Gasteiger partial charge in [-0.2, -0.15) is 0 Å². The van der Waals surface area contributed by atoms with Crippen LogP contribution in [0.2, 0.25) is 0 Å². The van der Waals surface area contributed by atoms with Crippen LogP contribution in [0.15, 0.2) is 66.7 Å². The summed E-state index contributed by atoms with van der Waals surface area (Å²) in [5.41, 5.74) is 4.97. The molecule has 0 spiro atoms. The molecule has 0 saturated heterocycles. The SMILES string of the molecule is O=C([O-])CCc1ccc(OCc2cccc3c2N(c2ccccc2)CC3)cc1F.[Na+]. The van der Waals surface area contributed by atoms with Crippen molar-refractivity contribution in [3.8, 4) is 5.75 Å². The van der Waals surface area contributed by atoms with Gasteiger partial charge in [-0.25, -0.2) is 4.39 Å². The van der Waals surface area contributed by atoms with Gasteiger partial charge in [0, 0.05) is 29.8 Å². The van der Waals surface area contributed by atoms with Gasteiger partial charge in [0.1, 0.15) is 18.2 Å². The van der Waals surface area contributed by atoms with Crippen molar-refractivity contribution in [1.82, 2.24) is 0 Å². The molecular formula is C24H21FNNaO3. The van der Waals surface area contributed by atoms with E-state index in [2.05, 4.69) is 23.1 Å². The quantitative estimate of drug-likeness (QED) is 0.538. The fraction of sp³-hybridized carbons (Fsp3) is 0.208. The van der Waals surface area contributed by atoms with Gasteiger partial charge in [0.2, 0.25) is 0 Å². The van der Waals surface area contributed by atoms with Gasteiger partial charge in [-0.3, -0.25) is 0 Å². The van der Waals surface area contributed by atoms with Crippen LogP contribution in [0.5, 0.6) is 5.75 Å². The van der Waals surface area contributed by atoms with E-state index in [-0.39, 0.29) is 42.4 Å². The number of carboxylic acid groups (broad SMARTS) is 1. The molecule has 148 valence electrons. The number of hydrogen-bond acceptors (Lipinski definition) is 4. The largest absolute Gasteiger partial charge is 1.00 e. The minimum atomic E-state index is -1.19. The molecule has 0 atom stereocenters. The molecule has 0 unspecified atom stereocenters. The van der Waals surface area contributed by atoms with Crippen LogP contribution in [0.4, 0.5) is 15.8 Å². The zero-order chi connectivity index (χ0) is 20.2. The minimum absolute atomic E-state index is 0. The first kappa shape index (κ1) is 22.3. The predicted octanol–water partition coefficient (Wildman–Crippen LogP) is 0.785. The maximum atomic E-state index is 14.2. The number of nitrogens with zero attached hydrogens (tertiary/aromatic N) is 1. The Morgan fingerprint density at radius 3 is 2.57 bits per heavy atom. The van der Waals surface area contributed by atoms with E-state index < -0.39 is 11.8 Å². The van der Waals surface area contributed by atoms with Crippen molar-refractivity contribution in [3.63, 3.8) is 0 Å². The molecule has 0 fully saturated rings. The third-order valence-electron chi connectivity index (χ3n) is 5.16. The average molecular weight is 413 g/mol. The number of anilines is 2. The summed E-state index contributed by atoms with van der Waals surface area (Å²) < 4.78 is 20.1. The van der Waals surface area contributed by atoms with Gasteiger partial charge in [0.05, 0.1) is 5.69 Å². The first-order valence-corrected chi connectivity index (χ1v) is 9.66. The first-order chi connectivity index (χ1) is 14.1. The number of aliphatic carboxylic acids is 1. The Bertz CT molecular complexity index is 1030. The number of para-hydroxylation sites is 2. The number of aryl methyl sites for hydroxylation is 1. The van der Waals surface area contributed by atoms with Gasteiger partial charge < -0.3 is 19.5 Å². The summed E-state index contributed by atoms with van der Waals surface area (Å²) in [7, 11) is 0. The zero-order valence-electron chi connectivity index (χ0n) is 16.9. The summed E-state index contributed by atoms with van der Waals surface area (Å²) in [5.74, 6) is -1.24. The summed E-state index contributed by atoms with van der Waals surface area (Å²) in [4.78, 5) is 12.9. The van der Waals surface area contributed by atoms with Crippen molar-refractivity contribution in [2.75, 3.05) is 11.4 Å². The third-order valence-corrected chi connectivity index (χ3v) is 5.16. The molecule has 3 aromatic carbocycles. The van der Waals surface area contributed by atoms with Crippen LogP contribution in [0, 0.1) is 5.82 Å². The summed E-state index contributed by atoms with van der Waals surface area (Å²) >= 11 is 0. The Balaban J connectivity index is 0.00000256. The Morgan fingerprint density at radius 2 is 1.83 bits per heavy atom. The van der Waals surface area contributed by atoms with E-state index in [1.807, 2.05) is 30.3 Å². The fourth-order valence-electron chi connectivity index (χ4n) is 3.74. The average Bonchev–Trinajstić information content (AvgIpc) is 3.17. The van der Waals surface area contributed by atoms with Crippen LogP contribution < -0.4 is 44.3 Å². The van der Waals surface area contributed by atoms with Crippen molar-refractivity contribution >= 4 is 17.3 Å². The second-order valence-electron chi connectivity index (χ2n) is 7.08. The van der Waals surface area contributed by atoms with Gasteiger partial charge >= 0.3 is 29.6 Å². The van der Waals surface area contributed by atoms with E-state index in [1.165, 1.54) is 11.6 Å². The molecule has 0 aromatic heterocycles. The van der Waals surface area contributed by atoms with Crippen molar-refractivity contribution in [3.05, 3.63) is 89.2 Å². The smallest absolute Gasteiger partial charge is 0.550 e. The van der Waals surface area contributed by atoms with E-state index in [0.29, 0.717) is 17.9 Å². The molecule has 1 aliphatic heterocycles. The molecule has 1 heterocycles. The van der Waals surface area contributed by atoms with Crippen LogP contribution in [0.1, 0.15) is 23.1 Å². The van der Waals surface area contributed by atoms with E-state index in [4.69, 9.17) is 4.74 Å². The number of rotatable bonds is 7. The molecule has 0 saturated carbocycles. The van der Waals surface area contributed by atoms with Gasteiger partial charge in [0.15, 0.2) is 0 Å². The first-order valence-electron chi connectivity index (χ1n) is 9.66. The molecule has 4 nitrogen and oxygen atoms in total. The van der Waals surface area contributed by atoms with Crippen LogP contribution in [-0.4, -0.2) is 12.5 Å². The van der Waals surface area contributed by atoms with Crippen molar-refractivity contribution in [2.24, 2.45) is 0 Å². The van der Waals surface area contributed by atoms with Gasteiger partial charge in [-0.15, -0.1) is 0 Å². The predicted molar refractivity (Wildman–Crippen MR) is 108 cm³/mol. The Morgan fingerprint density at radius 1 is 1.03 bits per heavy atom. The molecule has 4 rings (SSSR count). The molecule has 6 heteroatoms. The summed E-state index contributed by atoms with van der Waals surface area (Å²) in [6.07, 6.45) is 0.870. The van der Waals surface area contributed by atoms with Gasteiger partial charge in [-0.1, -0.05) is 42.5 Å². The van der Waals surface area contributed by atoms with Crippen LogP contribution in [0.3, 0.4) is 0 Å². The number of carbonyl (C=O) groups excluding carboxylic acids is 1. The number of ether oxygens (including phenoxy) is 1. The number of benzene rings is 3. The van der Waals surface area contributed by atoms with Crippen LogP contribution in [0.25, 0.3) is 0 Å². The van der Waals surface area contributed by atoms with Gasteiger partial charge in [-0.05, 0) is 48.6 Å². The Hall–Kier alpha value is -2.34. The molecule has 0 bridgehead atoms. The number of hydrogen-bond donors (Lipinski definition) is 0. The number of fused-ring (bicyclic) bond motifs is 1. The minimum Gasteiger partial charge on any atom is -0.550 e. The molecule has 0 aliphatic carbocycles. The van der Waals surface area contributed by atoms with E-state index in [9.17, 15) is 14.3 Å². The van der Waals surface area contributed by atoms with Gasteiger partial charge in [0.25, 0.3) is 0 Å². The normalized spacial score (nSPS) is 12.2. The maximum Gasteiger partial charge on any atom is 1.00 e. The summed E-state index contributed by atoms with van der Waals surface area (Å²) in [6, 6.07) is 21.0. The monoisotopic (exact) mass is 413 g/mol. The molecule has 0 radical (unpaired) electrons. The molecule has 0 N–H and O–H groups in total. The fourth-order valence-corrected chi connectivity index (χ4v) is 3.74. The molecule has 3 aromatic rings. The Labute approximate surface area is 197 Å². The number of carboxylic acids is 1. The molecule has 1 aliphatic rings. The second kappa shape index (κ2) is 10.1. The number of halogens is 1. The summed E-state index contributed by atoms with van der Waals surface area (Å²) in [6.45, 7) is 1.24. The maximum absolute atomic E-state index is 14.2. The topological polar surface area (TPSA) is 52.6 Å². The van der Waals surface area contributed by atoms with E-state index in [0.717, 1.165) is 29.9 Å². The van der Waals surface area contributed by atoms with E-state index >= 15 is 0 Å². The standard InChI is InChI=1S/C24H22FNO3.Na/c25-22-15-21(11-9-17(22)10-12-23(27)28)29-16-19-6-4-5-18-13-14-26(24(18)19)20-7-2-1-3-8-20;/h1-9,11,15H,10,12-14,16H2,(H,27,28);/q;+1/p-1. The van der Waals surface area contributed by atoms with Crippen LogP contribution >= 0.6 is 0 Å². The van der Waals surface area contributed by atoms with Crippen molar-refractivity contribution in [1.29, 1.82) is 0 Å². The number of carbonyl (C=O) groups is 1. The summed E-state index contributed by atoms with van der Waals surface area (Å²) in [5, 5.41) is 10.6. The third kappa shape index (κ3) is 5.04. The Kier molecular flexibility index (Phi) is 7.53. The zero-order valence-corrected chi connectivity index (χ0v) is 18.9.